The van der Waals surface area contributed by atoms with E-state index in [1.54, 1.807) is 0 Å². The van der Waals surface area contributed by atoms with E-state index in [-0.39, 0.29) is 18.2 Å². The normalized spacial score (nSPS) is 20.1. The van der Waals surface area contributed by atoms with Gasteiger partial charge in [-0.3, -0.25) is 14.4 Å². The van der Waals surface area contributed by atoms with Crippen molar-refractivity contribution in [3.63, 3.8) is 0 Å². The second-order valence-electron chi connectivity index (χ2n) is 8.37. The molecule has 0 saturated carbocycles. The van der Waals surface area contributed by atoms with Gasteiger partial charge in [0.2, 0.25) is 17.7 Å². The van der Waals surface area contributed by atoms with Gasteiger partial charge in [0.25, 0.3) is 0 Å². The van der Waals surface area contributed by atoms with Crippen molar-refractivity contribution in [1.29, 1.82) is 0 Å². The fourth-order valence-electron chi connectivity index (χ4n) is 3.45. The van der Waals surface area contributed by atoms with Crippen LogP contribution in [0, 0.1) is 5.92 Å². The van der Waals surface area contributed by atoms with E-state index in [9.17, 15) is 29.4 Å². The standard InChI is InChI=1S/C20H37N5O6/c1-11(2)15(22)19(29)25-10-6-8-14(25)18(28)23-13(7-4-5-9-21)17(27)24-16(12(3)26)20(30)31/h11-16,26H,4-10,21-22H2,1-3H3,(H,23,28)(H,24,27)(H,30,31). The molecular formula is C20H37N5O6. The summed E-state index contributed by atoms with van der Waals surface area (Å²) in [4.78, 5) is 51.0. The summed E-state index contributed by atoms with van der Waals surface area (Å²) in [6, 6.07) is -3.99. The number of likely N-dealkylation sites (tertiary alicyclic amines) is 1. The Morgan fingerprint density at radius 1 is 1.13 bits per heavy atom. The van der Waals surface area contributed by atoms with Crippen molar-refractivity contribution in [2.75, 3.05) is 13.1 Å². The number of aliphatic carboxylic acids is 1. The molecule has 11 nitrogen and oxygen atoms in total. The molecule has 0 radical (unpaired) electrons. The van der Waals surface area contributed by atoms with Gasteiger partial charge in [-0.1, -0.05) is 13.8 Å². The first-order chi connectivity index (χ1) is 14.5. The number of amides is 3. The van der Waals surface area contributed by atoms with Crippen molar-refractivity contribution >= 4 is 23.7 Å². The SMILES string of the molecule is CC(C)C(N)C(=O)N1CCCC1C(=O)NC(CCCCN)C(=O)NC(C(=O)O)C(C)O. The largest absolute Gasteiger partial charge is 0.480 e. The Kier molecular flexibility index (Phi) is 10.9. The Labute approximate surface area is 182 Å². The molecule has 5 atom stereocenters. The number of aliphatic hydroxyl groups is 1. The Morgan fingerprint density at radius 2 is 1.77 bits per heavy atom. The van der Waals surface area contributed by atoms with Crippen LogP contribution in [0.3, 0.4) is 0 Å². The van der Waals surface area contributed by atoms with Crippen LogP contribution in [0.15, 0.2) is 0 Å². The highest BCUT2D eigenvalue weighted by Gasteiger charge is 2.38. The van der Waals surface area contributed by atoms with Crippen molar-refractivity contribution in [1.82, 2.24) is 15.5 Å². The summed E-state index contributed by atoms with van der Waals surface area (Å²) < 4.78 is 0. The number of nitrogens with one attached hydrogen (secondary N) is 2. The number of rotatable bonds is 12. The first-order valence-corrected chi connectivity index (χ1v) is 10.8. The van der Waals surface area contributed by atoms with Gasteiger partial charge in [-0.2, -0.15) is 0 Å². The van der Waals surface area contributed by atoms with Gasteiger partial charge < -0.3 is 37.2 Å². The molecule has 0 spiro atoms. The predicted molar refractivity (Wildman–Crippen MR) is 114 cm³/mol. The average molecular weight is 444 g/mol. The van der Waals surface area contributed by atoms with Gasteiger partial charge in [0.15, 0.2) is 6.04 Å². The maximum Gasteiger partial charge on any atom is 0.328 e. The Morgan fingerprint density at radius 3 is 2.29 bits per heavy atom. The van der Waals surface area contributed by atoms with Gasteiger partial charge in [-0.05, 0) is 51.5 Å². The van der Waals surface area contributed by atoms with Crippen LogP contribution in [-0.2, 0) is 19.2 Å². The Balaban J connectivity index is 2.92. The first kappa shape index (κ1) is 26.8. The topological polar surface area (TPSA) is 188 Å². The molecule has 1 rings (SSSR count). The van der Waals surface area contributed by atoms with E-state index in [1.165, 1.54) is 11.8 Å². The molecule has 1 fully saturated rings. The fourth-order valence-corrected chi connectivity index (χ4v) is 3.45. The molecule has 5 unspecified atom stereocenters. The third-order valence-electron chi connectivity index (χ3n) is 5.47. The summed E-state index contributed by atoms with van der Waals surface area (Å²) >= 11 is 0. The fraction of sp³-hybridized carbons (Fsp3) is 0.800. The quantitative estimate of drug-likeness (QED) is 0.197. The lowest BCUT2D eigenvalue weighted by Crippen LogP contribution is -2.58. The molecule has 31 heavy (non-hydrogen) atoms. The molecule has 0 aromatic rings. The summed E-state index contributed by atoms with van der Waals surface area (Å²) in [5.41, 5.74) is 11.5. The molecule has 0 aromatic heterocycles. The van der Waals surface area contributed by atoms with E-state index in [0.717, 1.165) is 0 Å². The van der Waals surface area contributed by atoms with Gasteiger partial charge in [0.05, 0.1) is 12.1 Å². The van der Waals surface area contributed by atoms with E-state index >= 15 is 0 Å². The molecule has 0 aliphatic carbocycles. The number of nitrogens with two attached hydrogens (primary N) is 2. The van der Waals surface area contributed by atoms with Gasteiger partial charge in [-0.15, -0.1) is 0 Å². The van der Waals surface area contributed by atoms with Crippen LogP contribution in [-0.4, -0.2) is 82.2 Å². The van der Waals surface area contributed by atoms with Crippen LogP contribution in [0.25, 0.3) is 0 Å². The van der Waals surface area contributed by atoms with Crippen molar-refractivity contribution in [2.45, 2.75) is 83.1 Å². The van der Waals surface area contributed by atoms with Crippen LogP contribution >= 0.6 is 0 Å². The van der Waals surface area contributed by atoms with Gasteiger partial charge in [0.1, 0.15) is 12.1 Å². The molecule has 178 valence electrons. The zero-order chi connectivity index (χ0) is 23.7. The van der Waals surface area contributed by atoms with E-state index in [1.807, 2.05) is 13.8 Å². The third kappa shape index (κ3) is 7.75. The summed E-state index contributed by atoms with van der Waals surface area (Å²) in [6.45, 7) is 5.72. The minimum absolute atomic E-state index is 0.0833. The van der Waals surface area contributed by atoms with Gasteiger partial charge >= 0.3 is 5.97 Å². The number of carboxylic acid groups (broad SMARTS) is 1. The number of unbranched alkanes of at least 4 members (excludes halogenated alkanes) is 1. The Bertz CT molecular complexity index is 642. The summed E-state index contributed by atoms with van der Waals surface area (Å²) in [5, 5.41) is 23.7. The highest BCUT2D eigenvalue weighted by atomic mass is 16.4. The lowest BCUT2D eigenvalue weighted by molar-refractivity contribution is -0.145. The lowest BCUT2D eigenvalue weighted by Gasteiger charge is -2.29. The minimum atomic E-state index is -1.50. The molecule has 1 aliphatic rings. The molecule has 1 heterocycles. The zero-order valence-corrected chi connectivity index (χ0v) is 18.5. The van der Waals surface area contributed by atoms with Crippen LogP contribution < -0.4 is 22.1 Å². The molecular weight excluding hydrogens is 406 g/mol. The number of aliphatic hydroxyl groups excluding tert-OH is 1. The average Bonchev–Trinajstić information content (AvgIpc) is 3.19. The first-order valence-electron chi connectivity index (χ1n) is 10.8. The van der Waals surface area contributed by atoms with Crippen LogP contribution in [0.4, 0.5) is 0 Å². The van der Waals surface area contributed by atoms with Crippen molar-refractivity contribution in [3.05, 3.63) is 0 Å². The van der Waals surface area contributed by atoms with E-state index in [2.05, 4.69) is 10.6 Å². The number of hydrogen-bond donors (Lipinski definition) is 6. The molecule has 0 bridgehead atoms. The van der Waals surface area contributed by atoms with Crippen molar-refractivity contribution in [2.24, 2.45) is 17.4 Å². The highest BCUT2D eigenvalue weighted by Crippen LogP contribution is 2.20. The second kappa shape index (κ2) is 12.6. The molecule has 1 saturated heterocycles. The van der Waals surface area contributed by atoms with Crippen LogP contribution in [0.1, 0.15) is 52.9 Å². The van der Waals surface area contributed by atoms with E-state index in [0.29, 0.717) is 38.8 Å². The maximum atomic E-state index is 12.9. The summed E-state index contributed by atoms with van der Waals surface area (Å²) in [7, 11) is 0. The highest BCUT2D eigenvalue weighted by molar-refractivity contribution is 5.94. The van der Waals surface area contributed by atoms with Crippen molar-refractivity contribution in [3.8, 4) is 0 Å². The predicted octanol–water partition coefficient (Wildman–Crippen LogP) is -1.48. The monoisotopic (exact) mass is 443 g/mol. The molecule has 3 amide bonds. The molecule has 8 N–H and O–H groups in total. The maximum absolute atomic E-state index is 12.9. The van der Waals surface area contributed by atoms with Crippen LogP contribution in [0.5, 0.6) is 0 Å². The van der Waals surface area contributed by atoms with Gasteiger partial charge in [0, 0.05) is 6.54 Å². The van der Waals surface area contributed by atoms with Crippen molar-refractivity contribution < 1.29 is 29.4 Å². The van der Waals surface area contributed by atoms with E-state index < -0.39 is 48.1 Å². The smallest absolute Gasteiger partial charge is 0.328 e. The third-order valence-corrected chi connectivity index (χ3v) is 5.47. The lowest BCUT2D eigenvalue weighted by atomic mass is 10.0. The summed E-state index contributed by atoms with van der Waals surface area (Å²) in [6.07, 6.45) is 1.17. The molecule has 0 aromatic carbocycles. The summed E-state index contributed by atoms with van der Waals surface area (Å²) in [5.74, 6) is -2.98. The van der Waals surface area contributed by atoms with E-state index in [4.69, 9.17) is 11.5 Å². The number of hydrogen-bond acceptors (Lipinski definition) is 7. The van der Waals surface area contributed by atoms with Gasteiger partial charge in [-0.25, -0.2) is 4.79 Å². The second-order valence-corrected chi connectivity index (χ2v) is 8.37. The number of carbonyl (C=O) groups excluding carboxylic acids is 3. The zero-order valence-electron chi connectivity index (χ0n) is 18.5. The number of carboxylic acids is 1. The number of carbonyl (C=O) groups is 4. The van der Waals surface area contributed by atoms with Crippen LogP contribution in [0.2, 0.25) is 0 Å². The molecule has 11 heteroatoms. The minimum Gasteiger partial charge on any atom is -0.480 e. The Hall–Kier alpha value is -2.24. The number of nitrogens with zero attached hydrogens (tertiary/aromatic N) is 1. The molecule has 1 aliphatic heterocycles.